The van der Waals surface area contributed by atoms with E-state index in [1.165, 1.54) is 5.56 Å². The Labute approximate surface area is 190 Å². The lowest BCUT2D eigenvalue weighted by Gasteiger charge is -2.31. The summed E-state index contributed by atoms with van der Waals surface area (Å²) in [5.41, 5.74) is 8.43. The van der Waals surface area contributed by atoms with Crippen LogP contribution in [0.4, 0.5) is 0 Å². The number of hydrogen-bond donors (Lipinski definition) is 2. The van der Waals surface area contributed by atoms with E-state index in [0.29, 0.717) is 11.9 Å². The number of aliphatic imine (C=N–C) groups is 1. The average molecular weight is 445 g/mol. The summed E-state index contributed by atoms with van der Waals surface area (Å²) >= 11 is 6.29. The first-order chi connectivity index (χ1) is 15.1. The van der Waals surface area contributed by atoms with Crippen molar-refractivity contribution in [2.24, 2.45) is 16.6 Å². The second-order valence-corrected chi connectivity index (χ2v) is 8.31. The van der Waals surface area contributed by atoms with Crippen LogP contribution in [0.2, 0.25) is 5.02 Å². The van der Waals surface area contributed by atoms with Gasteiger partial charge < -0.3 is 20.5 Å². The van der Waals surface area contributed by atoms with Crippen molar-refractivity contribution in [1.82, 2.24) is 10.2 Å². The molecular formula is C24H33ClN4O2. The lowest BCUT2D eigenvalue weighted by atomic mass is 9.96. The number of guanidine groups is 1. The fraction of sp³-hybridized carbons (Fsp3) is 0.458. The molecule has 0 spiro atoms. The smallest absolute Gasteiger partial charge is 0.188 e. The molecule has 0 unspecified atom stereocenters. The molecule has 0 amide bonds. The Kier molecular flexibility index (Phi) is 8.85. The van der Waals surface area contributed by atoms with Gasteiger partial charge in [-0.05, 0) is 67.6 Å². The van der Waals surface area contributed by atoms with E-state index in [1.807, 2.05) is 36.4 Å². The summed E-state index contributed by atoms with van der Waals surface area (Å²) in [5, 5.41) is 4.06. The lowest BCUT2D eigenvalue weighted by Crippen LogP contribution is -2.36. The molecule has 1 fully saturated rings. The van der Waals surface area contributed by atoms with Crippen molar-refractivity contribution < 1.29 is 9.47 Å². The molecule has 1 aliphatic rings. The van der Waals surface area contributed by atoms with Crippen LogP contribution in [0.25, 0.3) is 0 Å². The summed E-state index contributed by atoms with van der Waals surface area (Å²) in [6.07, 6.45) is 3.09. The number of rotatable bonds is 9. The number of methoxy groups -OCH3 is 2. The molecule has 0 radical (unpaired) electrons. The highest BCUT2D eigenvalue weighted by molar-refractivity contribution is 6.31. The van der Waals surface area contributed by atoms with Crippen molar-refractivity contribution in [2.75, 3.05) is 40.4 Å². The first-order valence-electron chi connectivity index (χ1n) is 10.8. The molecule has 1 saturated heterocycles. The molecular weight excluding hydrogens is 412 g/mol. The minimum atomic E-state index is 0.513. The van der Waals surface area contributed by atoms with E-state index >= 15 is 0 Å². The number of benzene rings is 2. The predicted octanol–water partition coefficient (Wildman–Crippen LogP) is 3.72. The molecule has 2 aromatic carbocycles. The summed E-state index contributed by atoms with van der Waals surface area (Å²) in [6, 6.07) is 14.0. The number of halogens is 1. The number of nitrogens with one attached hydrogen (secondary N) is 1. The van der Waals surface area contributed by atoms with Gasteiger partial charge in [-0.15, -0.1) is 0 Å². The summed E-state index contributed by atoms with van der Waals surface area (Å²) < 4.78 is 10.6. The zero-order valence-corrected chi connectivity index (χ0v) is 19.2. The Balaban J connectivity index is 1.37. The molecule has 0 bridgehead atoms. The molecule has 2 aromatic rings. The van der Waals surface area contributed by atoms with Crippen molar-refractivity contribution >= 4 is 17.6 Å². The van der Waals surface area contributed by atoms with E-state index in [-0.39, 0.29) is 0 Å². The van der Waals surface area contributed by atoms with Gasteiger partial charge in [0.2, 0.25) is 0 Å². The van der Waals surface area contributed by atoms with E-state index in [0.717, 1.165) is 74.1 Å². The fourth-order valence-corrected chi connectivity index (χ4v) is 4.04. The van der Waals surface area contributed by atoms with Crippen LogP contribution < -0.4 is 20.5 Å². The van der Waals surface area contributed by atoms with Crippen LogP contribution in [0.5, 0.6) is 11.5 Å². The van der Waals surface area contributed by atoms with Crippen molar-refractivity contribution in [3.63, 3.8) is 0 Å². The average Bonchev–Trinajstić information content (AvgIpc) is 2.80. The zero-order chi connectivity index (χ0) is 22.1. The minimum Gasteiger partial charge on any atom is -0.493 e. The molecule has 0 saturated carbocycles. The Hall–Kier alpha value is -2.44. The number of hydrogen-bond acceptors (Lipinski definition) is 4. The molecule has 31 heavy (non-hydrogen) atoms. The molecule has 6 nitrogen and oxygen atoms in total. The van der Waals surface area contributed by atoms with Gasteiger partial charge in [0.15, 0.2) is 17.5 Å². The van der Waals surface area contributed by atoms with Gasteiger partial charge in [0, 0.05) is 24.7 Å². The van der Waals surface area contributed by atoms with E-state index < -0.39 is 0 Å². The number of nitrogens with two attached hydrogens (primary N) is 1. The number of nitrogens with zero attached hydrogens (tertiary/aromatic N) is 2. The van der Waals surface area contributed by atoms with Gasteiger partial charge in [0.05, 0.1) is 14.2 Å². The van der Waals surface area contributed by atoms with E-state index in [9.17, 15) is 0 Å². The summed E-state index contributed by atoms with van der Waals surface area (Å²) in [4.78, 5) is 7.03. The summed E-state index contributed by atoms with van der Waals surface area (Å²) in [5.74, 6) is 2.56. The molecule has 3 rings (SSSR count). The minimum absolute atomic E-state index is 0.513. The van der Waals surface area contributed by atoms with Crippen LogP contribution in [-0.4, -0.2) is 51.3 Å². The van der Waals surface area contributed by atoms with Gasteiger partial charge in [0.25, 0.3) is 0 Å². The maximum absolute atomic E-state index is 6.29. The third-order valence-corrected chi connectivity index (χ3v) is 6.12. The Morgan fingerprint density at radius 1 is 1.13 bits per heavy atom. The van der Waals surface area contributed by atoms with Crippen LogP contribution in [0.3, 0.4) is 0 Å². The zero-order valence-electron chi connectivity index (χ0n) is 18.4. The highest BCUT2D eigenvalue weighted by atomic mass is 35.5. The Morgan fingerprint density at radius 3 is 2.58 bits per heavy atom. The lowest BCUT2D eigenvalue weighted by molar-refractivity contribution is 0.180. The molecule has 1 heterocycles. The van der Waals surface area contributed by atoms with Gasteiger partial charge in [-0.2, -0.15) is 0 Å². The molecule has 7 heteroatoms. The standard InChI is InChI=1S/C24H33ClN4O2/c1-30-22-8-7-18(15-23(22)31-2)9-12-27-24(26)28-16-19-10-13-29(14-11-19)17-20-5-3-4-6-21(20)25/h3-8,15,19H,9-14,16-17H2,1-2H3,(H3,26,27,28). The molecule has 168 valence electrons. The van der Waals surface area contributed by atoms with E-state index in [1.54, 1.807) is 14.2 Å². The van der Waals surface area contributed by atoms with Gasteiger partial charge in [0.1, 0.15) is 0 Å². The van der Waals surface area contributed by atoms with Crippen LogP contribution in [0, 0.1) is 5.92 Å². The van der Waals surface area contributed by atoms with Crippen LogP contribution >= 0.6 is 11.6 Å². The summed E-state index contributed by atoms with van der Waals surface area (Å²) in [7, 11) is 3.28. The first-order valence-corrected chi connectivity index (χ1v) is 11.2. The van der Waals surface area contributed by atoms with Crippen molar-refractivity contribution in [3.05, 3.63) is 58.6 Å². The van der Waals surface area contributed by atoms with Crippen molar-refractivity contribution in [1.29, 1.82) is 0 Å². The molecule has 1 aliphatic heterocycles. The maximum Gasteiger partial charge on any atom is 0.188 e. The van der Waals surface area contributed by atoms with Crippen LogP contribution in [-0.2, 0) is 13.0 Å². The third kappa shape index (κ3) is 7.04. The molecule has 0 atom stereocenters. The van der Waals surface area contributed by atoms with E-state index in [4.69, 9.17) is 26.8 Å². The number of piperidine rings is 1. The van der Waals surface area contributed by atoms with Crippen molar-refractivity contribution in [2.45, 2.75) is 25.8 Å². The second kappa shape index (κ2) is 11.8. The third-order valence-electron chi connectivity index (χ3n) is 5.75. The van der Waals surface area contributed by atoms with Gasteiger partial charge in [-0.3, -0.25) is 9.89 Å². The SMILES string of the molecule is COc1ccc(CCNC(N)=NCC2CCN(Cc3ccccc3Cl)CC2)cc1OC. The largest absolute Gasteiger partial charge is 0.493 e. The van der Waals surface area contributed by atoms with Gasteiger partial charge in [-0.25, -0.2) is 0 Å². The van der Waals surface area contributed by atoms with Gasteiger partial charge >= 0.3 is 0 Å². The monoisotopic (exact) mass is 444 g/mol. The quantitative estimate of drug-likeness (QED) is 0.455. The number of likely N-dealkylation sites (tertiary alicyclic amines) is 1. The first kappa shape index (κ1) is 23.2. The fourth-order valence-electron chi connectivity index (χ4n) is 3.85. The van der Waals surface area contributed by atoms with Crippen LogP contribution in [0.1, 0.15) is 24.0 Å². The molecule has 3 N–H and O–H groups in total. The number of ether oxygens (including phenoxy) is 2. The highest BCUT2D eigenvalue weighted by Gasteiger charge is 2.19. The van der Waals surface area contributed by atoms with Gasteiger partial charge in [-0.1, -0.05) is 35.9 Å². The molecule has 0 aromatic heterocycles. The van der Waals surface area contributed by atoms with Crippen LogP contribution in [0.15, 0.2) is 47.5 Å². The molecule has 0 aliphatic carbocycles. The Morgan fingerprint density at radius 2 is 1.87 bits per heavy atom. The summed E-state index contributed by atoms with van der Waals surface area (Å²) in [6.45, 7) is 4.54. The Bertz CT molecular complexity index is 866. The van der Waals surface area contributed by atoms with Crippen molar-refractivity contribution in [3.8, 4) is 11.5 Å². The maximum atomic E-state index is 6.29. The van der Waals surface area contributed by atoms with E-state index in [2.05, 4.69) is 21.3 Å². The topological polar surface area (TPSA) is 72.1 Å². The normalized spacial score (nSPS) is 15.6. The second-order valence-electron chi connectivity index (χ2n) is 7.90. The predicted molar refractivity (Wildman–Crippen MR) is 127 cm³/mol. The highest BCUT2D eigenvalue weighted by Crippen LogP contribution is 2.27.